The highest BCUT2D eigenvalue weighted by molar-refractivity contribution is 5.80. The van der Waals surface area contributed by atoms with Crippen LogP contribution in [0.25, 0.3) is 0 Å². The lowest BCUT2D eigenvalue weighted by Gasteiger charge is -1.85. The van der Waals surface area contributed by atoms with Crippen LogP contribution in [0.1, 0.15) is 48.0 Å². The van der Waals surface area contributed by atoms with E-state index in [1.165, 1.54) is 26.7 Å². The maximum Gasteiger partial charge on any atom is 0.126 e. The summed E-state index contributed by atoms with van der Waals surface area (Å²) in [5.41, 5.74) is 5.14. The third kappa shape index (κ3) is 29.2. The molecule has 4 nitrogen and oxygen atoms in total. The Labute approximate surface area is 101 Å². The Balaban J connectivity index is -0.000000158. The van der Waals surface area contributed by atoms with Gasteiger partial charge in [0.15, 0.2) is 0 Å². The molecule has 0 aromatic rings. The van der Waals surface area contributed by atoms with E-state index < -0.39 is 0 Å². The molecule has 0 atom stereocenters. The van der Waals surface area contributed by atoms with Crippen LogP contribution in [0.15, 0.2) is 4.99 Å². The van der Waals surface area contributed by atoms with E-state index in [0.29, 0.717) is 0 Å². The summed E-state index contributed by atoms with van der Waals surface area (Å²) in [6.07, 6.45) is 2.39. The van der Waals surface area contributed by atoms with Gasteiger partial charge >= 0.3 is 0 Å². The third-order valence-electron chi connectivity index (χ3n) is 1.40. The van der Waals surface area contributed by atoms with Crippen molar-refractivity contribution >= 4 is 11.6 Å². The van der Waals surface area contributed by atoms with E-state index in [9.17, 15) is 4.79 Å². The van der Waals surface area contributed by atoms with E-state index in [4.69, 9.17) is 5.73 Å². The summed E-state index contributed by atoms with van der Waals surface area (Å²) in [6, 6.07) is 0. The molecule has 16 heavy (non-hydrogen) atoms. The molecule has 0 saturated carbocycles. The molecule has 0 aromatic heterocycles. The Kier molecular flexibility index (Phi) is 21.2. The van der Waals surface area contributed by atoms with Crippen molar-refractivity contribution < 1.29 is 4.79 Å². The molecule has 4 heteroatoms. The molecule has 0 spiro atoms. The molecule has 0 bridgehead atoms. The van der Waals surface area contributed by atoms with Gasteiger partial charge in [-0.3, -0.25) is 4.99 Å². The van der Waals surface area contributed by atoms with E-state index in [2.05, 4.69) is 17.2 Å². The lowest BCUT2D eigenvalue weighted by Crippen LogP contribution is -2.13. The van der Waals surface area contributed by atoms with Gasteiger partial charge in [-0.25, -0.2) is 0 Å². The number of nitrogens with zero attached hydrogens (tertiary/aromatic N) is 1. The second-order valence-corrected chi connectivity index (χ2v) is 3.44. The molecule has 0 radical (unpaired) electrons. The van der Waals surface area contributed by atoms with Crippen molar-refractivity contribution in [2.24, 2.45) is 10.7 Å². The SMILES string of the molecule is C.CC(C)=O.CC1=NCCN1.CCCCN. The first-order valence-corrected chi connectivity index (χ1v) is 5.46. The van der Waals surface area contributed by atoms with Crippen LogP contribution in [0, 0.1) is 0 Å². The number of nitrogens with one attached hydrogen (secondary N) is 1. The van der Waals surface area contributed by atoms with Gasteiger partial charge in [-0.15, -0.1) is 0 Å². The highest BCUT2D eigenvalue weighted by Crippen LogP contribution is 1.79. The Morgan fingerprint density at radius 2 is 2.00 bits per heavy atom. The molecule has 3 N–H and O–H groups in total. The molecule has 98 valence electrons. The molecule has 1 heterocycles. The third-order valence-corrected chi connectivity index (χ3v) is 1.40. The van der Waals surface area contributed by atoms with Gasteiger partial charge in [0.2, 0.25) is 0 Å². The van der Waals surface area contributed by atoms with Gasteiger partial charge in [0.25, 0.3) is 0 Å². The molecule has 1 aliphatic rings. The quantitative estimate of drug-likeness (QED) is 0.763. The minimum absolute atomic E-state index is 0. The minimum Gasteiger partial charge on any atom is -0.372 e. The number of amidine groups is 1. The van der Waals surface area contributed by atoms with Crippen LogP contribution in [0.3, 0.4) is 0 Å². The fraction of sp³-hybridized carbons (Fsp3) is 0.833. The summed E-state index contributed by atoms with van der Waals surface area (Å²) in [4.78, 5) is 13.5. The van der Waals surface area contributed by atoms with E-state index >= 15 is 0 Å². The van der Waals surface area contributed by atoms with Crippen molar-refractivity contribution in [3.63, 3.8) is 0 Å². The van der Waals surface area contributed by atoms with Gasteiger partial charge < -0.3 is 15.8 Å². The Morgan fingerprint density at radius 3 is 2.06 bits per heavy atom. The summed E-state index contributed by atoms with van der Waals surface area (Å²) >= 11 is 0. The minimum atomic E-state index is 0. The first-order valence-electron chi connectivity index (χ1n) is 5.46. The summed E-state index contributed by atoms with van der Waals surface area (Å²) in [5.74, 6) is 1.25. The lowest BCUT2D eigenvalue weighted by atomic mass is 10.3. The number of carbonyl (C=O) groups excluding carboxylic acids is 1. The number of unbranched alkanes of at least 4 members (excludes halogenated alkanes) is 1. The van der Waals surface area contributed by atoms with Crippen molar-refractivity contribution in [2.75, 3.05) is 19.6 Å². The molecule has 0 aromatic carbocycles. The summed E-state index contributed by atoms with van der Waals surface area (Å²) in [5, 5.41) is 3.07. The fourth-order valence-electron chi connectivity index (χ4n) is 0.720. The van der Waals surface area contributed by atoms with Crippen molar-refractivity contribution in [3.05, 3.63) is 0 Å². The molecular formula is C12H29N3O. The Bertz CT molecular complexity index is 173. The predicted molar refractivity (Wildman–Crippen MR) is 73.0 cm³/mol. The maximum absolute atomic E-state index is 9.44. The van der Waals surface area contributed by atoms with Gasteiger partial charge in [0.1, 0.15) is 5.78 Å². The van der Waals surface area contributed by atoms with Crippen molar-refractivity contribution in [1.29, 1.82) is 0 Å². The molecule has 1 rings (SSSR count). The van der Waals surface area contributed by atoms with Gasteiger partial charge in [-0.2, -0.15) is 0 Å². The monoisotopic (exact) mass is 231 g/mol. The number of hydrogen-bond acceptors (Lipinski definition) is 4. The molecule has 0 aliphatic carbocycles. The molecule has 0 fully saturated rings. The largest absolute Gasteiger partial charge is 0.372 e. The van der Waals surface area contributed by atoms with Crippen molar-refractivity contribution in [2.45, 2.75) is 48.0 Å². The molecular weight excluding hydrogens is 202 g/mol. The number of aliphatic imine (C=N–C) groups is 1. The Morgan fingerprint density at radius 1 is 1.50 bits per heavy atom. The zero-order valence-electron chi connectivity index (χ0n) is 10.5. The molecule has 1 aliphatic heterocycles. The zero-order chi connectivity index (χ0) is 12.1. The van der Waals surface area contributed by atoms with Crippen LogP contribution in [-0.4, -0.2) is 31.3 Å². The first kappa shape index (κ1) is 20.5. The molecule has 0 saturated heterocycles. The highest BCUT2D eigenvalue weighted by atomic mass is 16.1. The zero-order valence-corrected chi connectivity index (χ0v) is 10.5. The first-order chi connectivity index (χ1) is 7.04. The summed E-state index contributed by atoms with van der Waals surface area (Å²) in [7, 11) is 0. The normalized spacial score (nSPS) is 11.7. The summed E-state index contributed by atoms with van der Waals surface area (Å²) < 4.78 is 0. The van der Waals surface area contributed by atoms with Crippen LogP contribution in [0.5, 0.6) is 0 Å². The van der Waals surface area contributed by atoms with Gasteiger partial charge in [0.05, 0.1) is 12.4 Å². The number of nitrogens with two attached hydrogens (primary N) is 1. The van der Waals surface area contributed by atoms with Crippen molar-refractivity contribution in [3.8, 4) is 0 Å². The second-order valence-electron chi connectivity index (χ2n) is 3.44. The van der Waals surface area contributed by atoms with Crippen molar-refractivity contribution in [1.82, 2.24) is 5.32 Å². The van der Waals surface area contributed by atoms with E-state index in [1.807, 2.05) is 6.92 Å². The topological polar surface area (TPSA) is 67.5 Å². The van der Waals surface area contributed by atoms with Crippen LogP contribution >= 0.6 is 0 Å². The van der Waals surface area contributed by atoms with Crippen LogP contribution < -0.4 is 11.1 Å². The Hall–Kier alpha value is -0.900. The van der Waals surface area contributed by atoms with Gasteiger partial charge in [-0.1, -0.05) is 20.8 Å². The van der Waals surface area contributed by atoms with Crippen LogP contribution in [-0.2, 0) is 4.79 Å². The number of ketones is 1. The van der Waals surface area contributed by atoms with Crippen LogP contribution in [0.2, 0.25) is 0 Å². The van der Waals surface area contributed by atoms with Crippen LogP contribution in [0.4, 0.5) is 0 Å². The number of rotatable bonds is 2. The maximum atomic E-state index is 9.44. The lowest BCUT2D eigenvalue weighted by molar-refractivity contribution is -0.114. The second kappa shape index (κ2) is 16.5. The standard InChI is InChI=1S/C4H8N2.C4H11N.C3H6O.CH4/c1-4-5-2-3-6-4;1-2-3-4-5;1-3(2)4;/h2-3H2,1H3,(H,5,6);2-5H2,1H3;1-2H3;1H4. The highest BCUT2D eigenvalue weighted by Gasteiger charge is 1.93. The number of hydrogen-bond donors (Lipinski definition) is 2. The smallest absolute Gasteiger partial charge is 0.126 e. The number of Topliss-reactive ketones (excluding diaryl/α,β-unsaturated/α-hetero) is 1. The average molecular weight is 231 g/mol. The molecule has 0 unspecified atom stereocenters. The van der Waals surface area contributed by atoms with E-state index in [-0.39, 0.29) is 13.2 Å². The number of carbonyl (C=O) groups is 1. The fourth-order valence-corrected chi connectivity index (χ4v) is 0.720. The van der Waals surface area contributed by atoms with E-state index in [0.717, 1.165) is 25.5 Å². The predicted octanol–water partition coefficient (Wildman–Crippen LogP) is 1.98. The van der Waals surface area contributed by atoms with Gasteiger partial charge in [0, 0.05) is 6.54 Å². The summed E-state index contributed by atoms with van der Waals surface area (Å²) in [6.45, 7) is 10.0. The average Bonchev–Trinajstić information content (AvgIpc) is 2.57. The van der Waals surface area contributed by atoms with Gasteiger partial charge in [-0.05, 0) is 33.7 Å². The van der Waals surface area contributed by atoms with E-state index in [1.54, 1.807) is 0 Å². The molecule has 0 amide bonds.